The molecule has 1 aromatic rings. The summed E-state index contributed by atoms with van der Waals surface area (Å²) < 4.78 is 0. The second kappa shape index (κ2) is 7.21. The Kier molecular flexibility index (Phi) is 5.74. The lowest BCUT2D eigenvalue weighted by Gasteiger charge is -2.22. The average Bonchev–Trinajstić information content (AvgIpc) is 2.30. The van der Waals surface area contributed by atoms with E-state index in [1.807, 2.05) is 6.20 Å². The monoisotopic (exact) mass is 207 g/mol. The van der Waals surface area contributed by atoms with Crippen molar-refractivity contribution in [1.82, 2.24) is 9.97 Å². The van der Waals surface area contributed by atoms with E-state index in [0.717, 1.165) is 18.9 Å². The van der Waals surface area contributed by atoms with Gasteiger partial charge in [-0.2, -0.15) is 0 Å². The summed E-state index contributed by atoms with van der Waals surface area (Å²) in [4.78, 5) is 10.8. The molecule has 0 N–H and O–H groups in total. The van der Waals surface area contributed by atoms with E-state index < -0.39 is 0 Å². The molecule has 1 rings (SSSR count). The van der Waals surface area contributed by atoms with Crippen LogP contribution in [0, 0.1) is 0 Å². The molecular weight excluding hydrogens is 186 g/mol. The van der Waals surface area contributed by atoms with E-state index in [9.17, 15) is 0 Å². The summed E-state index contributed by atoms with van der Waals surface area (Å²) in [6, 6.07) is 0. The molecule has 0 aliphatic carbocycles. The van der Waals surface area contributed by atoms with Crippen LogP contribution in [0.25, 0.3) is 0 Å². The molecule has 0 amide bonds. The molecule has 0 spiro atoms. The van der Waals surface area contributed by atoms with Crippen LogP contribution in [0.2, 0.25) is 0 Å². The summed E-state index contributed by atoms with van der Waals surface area (Å²) in [5.74, 6) is 1.01. The van der Waals surface area contributed by atoms with Gasteiger partial charge in [-0.25, -0.2) is 4.98 Å². The molecule has 0 aromatic carbocycles. The SMILES string of the molecule is CCCCN(CCCC)c1cnccn1. The molecule has 15 heavy (non-hydrogen) atoms. The maximum Gasteiger partial charge on any atom is 0.147 e. The number of rotatable bonds is 7. The van der Waals surface area contributed by atoms with E-state index in [1.54, 1.807) is 12.4 Å². The maximum atomic E-state index is 4.35. The molecule has 84 valence electrons. The molecule has 0 aliphatic heterocycles. The number of unbranched alkanes of at least 4 members (excludes halogenated alkanes) is 2. The van der Waals surface area contributed by atoms with Gasteiger partial charge in [0.25, 0.3) is 0 Å². The first-order valence-corrected chi connectivity index (χ1v) is 5.89. The van der Waals surface area contributed by atoms with Crippen LogP contribution in [0.3, 0.4) is 0 Å². The standard InChI is InChI=1S/C12H21N3/c1-3-5-9-15(10-6-4-2)12-11-13-7-8-14-12/h7-8,11H,3-6,9-10H2,1-2H3. The van der Waals surface area contributed by atoms with Crippen molar-refractivity contribution in [3.8, 4) is 0 Å². The van der Waals surface area contributed by atoms with Crippen LogP contribution in [-0.4, -0.2) is 23.1 Å². The minimum absolute atomic E-state index is 1.01. The van der Waals surface area contributed by atoms with Gasteiger partial charge in [0.05, 0.1) is 6.20 Å². The Labute approximate surface area is 92.6 Å². The largest absolute Gasteiger partial charge is 0.355 e. The molecule has 3 heteroatoms. The van der Waals surface area contributed by atoms with Gasteiger partial charge in [0.2, 0.25) is 0 Å². The van der Waals surface area contributed by atoms with Crippen molar-refractivity contribution in [2.45, 2.75) is 39.5 Å². The number of anilines is 1. The zero-order valence-corrected chi connectivity index (χ0v) is 9.82. The topological polar surface area (TPSA) is 29.0 Å². The van der Waals surface area contributed by atoms with Crippen molar-refractivity contribution in [3.63, 3.8) is 0 Å². The third-order valence-corrected chi connectivity index (χ3v) is 2.44. The van der Waals surface area contributed by atoms with Gasteiger partial charge in [0, 0.05) is 25.5 Å². The molecule has 0 saturated carbocycles. The predicted molar refractivity (Wildman–Crippen MR) is 64.1 cm³/mol. The van der Waals surface area contributed by atoms with Crippen LogP contribution in [0.5, 0.6) is 0 Å². The summed E-state index contributed by atoms with van der Waals surface area (Å²) >= 11 is 0. The molecule has 0 bridgehead atoms. The van der Waals surface area contributed by atoms with Crippen molar-refractivity contribution in [2.24, 2.45) is 0 Å². The summed E-state index contributed by atoms with van der Waals surface area (Å²) in [6.45, 7) is 6.62. The van der Waals surface area contributed by atoms with Crippen molar-refractivity contribution < 1.29 is 0 Å². The quantitative estimate of drug-likeness (QED) is 0.688. The normalized spacial score (nSPS) is 10.3. The Morgan fingerprint density at radius 1 is 1.07 bits per heavy atom. The first-order chi connectivity index (χ1) is 7.38. The second-order valence-corrected chi connectivity index (χ2v) is 3.76. The molecule has 0 saturated heterocycles. The summed E-state index contributed by atoms with van der Waals surface area (Å²) in [5, 5.41) is 0. The minimum atomic E-state index is 1.01. The first kappa shape index (κ1) is 12.0. The molecule has 0 fully saturated rings. The first-order valence-electron chi connectivity index (χ1n) is 5.89. The van der Waals surface area contributed by atoms with Crippen molar-refractivity contribution in [3.05, 3.63) is 18.6 Å². The lowest BCUT2D eigenvalue weighted by molar-refractivity contribution is 0.670. The van der Waals surface area contributed by atoms with Crippen LogP contribution < -0.4 is 4.90 Å². The number of nitrogens with zero attached hydrogens (tertiary/aromatic N) is 3. The van der Waals surface area contributed by atoms with Gasteiger partial charge in [-0.05, 0) is 12.8 Å². The Balaban J connectivity index is 2.55. The maximum absolute atomic E-state index is 4.35. The van der Waals surface area contributed by atoms with Crippen LogP contribution in [0.15, 0.2) is 18.6 Å². The van der Waals surface area contributed by atoms with Crippen molar-refractivity contribution in [1.29, 1.82) is 0 Å². The fourth-order valence-corrected chi connectivity index (χ4v) is 1.49. The van der Waals surface area contributed by atoms with Crippen molar-refractivity contribution in [2.75, 3.05) is 18.0 Å². The predicted octanol–water partition coefficient (Wildman–Crippen LogP) is 2.88. The smallest absolute Gasteiger partial charge is 0.147 e. The van der Waals surface area contributed by atoms with E-state index in [-0.39, 0.29) is 0 Å². The highest BCUT2D eigenvalue weighted by Gasteiger charge is 2.05. The summed E-state index contributed by atoms with van der Waals surface area (Å²) in [7, 11) is 0. The molecule has 0 unspecified atom stereocenters. The molecule has 1 aromatic heterocycles. The zero-order chi connectivity index (χ0) is 10.9. The molecule has 0 radical (unpaired) electrons. The van der Waals surface area contributed by atoms with E-state index in [0.29, 0.717) is 0 Å². The third-order valence-electron chi connectivity index (χ3n) is 2.44. The minimum Gasteiger partial charge on any atom is -0.355 e. The van der Waals surface area contributed by atoms with E-state index >= 15 is 0 Å². The highest BCUT2D eigenvalue weighted by atomic mass is 15.2. The van der Waals surface area contributed by atoms with Crippen LogP contribution in [0.1, 0.15) is 39.5 Å². The Morgan fingerprint density at radius 3 is 2.20 bits per heavy atom. The van der Waals surface area contributed by atoms with Crippen LogP contribution in [0.4, 0.5) is 5.82 Å². The van der Waals surface area contributed by atoms with Gasteiger partial charge < -0.3 is 4.90 Å². The van der Waals surface area contributed by atoms with Gasteiger partial charge in [0.1, 0.15) is 5.82 Å². The van der Waals surface area contributed by atoms with E-state index in [1.165, 1.54) is 25.7 Å². The lowest BCUT2D eigenvalue weighted by Crippen LogP contribution is -2.26. The highest BCUT2D eigenvalue weighted by molar-refractivity contribution is 5.34. The van der Waals surface area contributed by atoms with Gasteiger partial charge >= 0.3 is 0 Å². The van der Waals surface area contributed by atoms with E-state index in [4.69, 9.17) is 0 Å². The number of hydrogen-bond acceptors (Lipinski definition) is 3. The zero-order valence-electron chi connectivity index (χ0n) is 9.82. The number of hydrogen-bond donors (Lipinski definition) is 0. The molecule has 0 aliphatic rings. The molecule has 0 atom stereocenters. The summed E-state index contributed by atoms with van der Waals surface area (Å²) in [6.07, 6.45) is 10.2. The van der Waals surface area contributed by atoms with Crippen LogP contribution in [-0.2, 0) is 0 Å². The van der Waals surface area contributed by atoms with Crippen LogP contribution >= 0.6 is 0 Å². The van der Waals surface area contributed by atoms with Crippen molar-refractivity contribution >= 4 is 5.82 Å². The van der Waals surface area contributed by atoms with E-state index in [2.05, 4.69) is 28.7 Å². The Bertz CT molecular complexity index is 240. The van der Waals surface area contributed by atoms with Gasteiger partial charge in [-0.1, -0.05) is 26.7 Å². The second-order valence-electron chi connectivity index (χ2n) is 3.76. The van der Waals surface area contributed by atoms with Gasteiger partial charge in [0.15, 0.2) is 0 Å². The Morgan fingerprint density at radius 2 is 1.73 bits per heavy atom. The highest BCUT2D eigenvalue weighted by Crippen LogP contribution is 2.10. The molecular formula is C12H21N3. The lowest BCUT2D eigenvalue weighted by atomic mass is 10.2. The fraction of sp³-hybridized carbons (Fsp3) is 0.667. The average molecular weight is 207 g/mol. The van der Waals surface area contributed by atoms with Gasteiger partial charge in [-0.3, -0.25) is 4.98 Å². The third kappa shape index (κ3) is 4.28. The summed E-state index contributed by atoms with van der Waals surface area (Å²) in [5.41, 5.74) is 0. The molecule has 1 heterocycles. The molecule has 3 nitrogen and oxygen atoms in total. The van der Waals surface area contributed by atoms with Gasteiger partial charge in [-0.15, -0.1) is 0 Å². The fourth-order valence-electron chi connectivity index (χ4n) is 1.49. The Hall–Kier alpha value is -1.12. The number of aromatic nitrogens is 2.